The third-order valence-electron chi connectivity index (χ3n) is 16.8. The fourth-order valence-corrected chi connectivity index (χ4v) is 12.3. The molecule has 0 unspecified atom stereocenters. The number of anilines is 6. The van der Waals surface area contributed by atoms with Gasteiger partial charge in [0.05, 0.1) is 45.8 Å². The van der Waals surface area contributed by atoms with Gasteiger partial charge in [-0.2, -0.15) is 5.26 Å². The second kappa shape index (κ2) is 19.8. The predicted molar refractivity (Wildman–Crippen MR) is 357 cm³/mol. The number of fused-ring (bicyclic) bond motifs is 7. The van der Waals surface area contributed by atoms with Gasteiger partial charge in [0.15, 0.2) is 0 Å². The maximum Gasteiger partial charge on any atom is 0.252 e. The quantitative estimate of drug-likeness (QED) is 0.149. The van der Waals surface area contributed by atoms with E-state index in [1.807, 2.05) is 59.5 Å². The molecule has 2 aliphatic rings. The van der Waals surface area contributed by atoms with Gasteiger partial charge in [0.25, 0.3) is 6.71 Å². The standard InChI is InChI=1S/C79H67BN4/c1-77(2,3)59-41-58(42-60(46-59)78(4,5)6)56-35-39-67-73(45-56)84(70-40-36-54(51-23-13-10-14-24-51)43-65(70)53-27-17-12-18-28-53)75-48-61(79(7,8)9)47-74-76(75)80(67)66-38-34-55(52-25-15-11-16-26-52)44-72(66)82(74)62-37-33-57(50-81)71(49-62)83-68-31-21-19-29-63(68)64-30-20-22-32-69(64)83/h10-49H,1-9H3/i11D,15D,16D,19D,20D,21D,22D,25D,26D,29D,30D,31D,32D. The highest BCUT2D eigenvalue weighted by molar-refractivity contribution is 7.00. The molecule has 5 heteroatoms. The first kappa shape index (κ1) is 39.7. The van der Waals surface area contributed by atoms with Crippen molar-refractivity contribution in [3.63, 3.8) is 0 Å². The molecule has 0 saturated heterocycles. The summed E-state index contributed by atoms with van der Waals surface area (Å²) in [6, 6.07) is 51.6. The lowest BCUT2D eigenvalue weighted by Gasteiger charge is -2.45. The molecule has 0 fully saturated rings. The molecule has 2 aliphatic heterocycles. The zero-order valence-corrected chi connectivity index (χ0v) is 48.5. The summed E-state index contributed by atoms with van der Waals surface area (Å²) < 4.78 is 120. The summed E-state index contributed by atoms with van der Waals surface area (Å²) in [5.74, 6) is 0. The van der Waals surface area contributed by atoms with Gasteiger partial charge in [-0.25, -0.2) is 0 Å². The smallest absolute Gasteiger partial charge is 0.252 e. The number of hydrogen-bond donors (Lipinski definition) is 0. The fraction of sp³-hybridized carbons (Fsp3) is 0.152. The lowest BCUT2D eigenvalue weighted by atomic mass is 9.33. The zero-order valence-electron chi connectivity index (χ0n) is 61.5. The van der Waals surface area contributed by atoms with Crippen molar-refractivity contribution >= 4 is 79.0 Å². The van der Waals surface area contributed by atoms with Gasteiger partial charge in [0.2, 0.25) is 0 Å². The Bertz CT molecular complexity index is 5290. The van der Waals surface area contributed by atoms with Crippen LogP contribution in [-0.2, 0) is 16.2 Å². The molecular weight excluding hydrogens is 1020 g/mol. The molecule has 3 heterocycles. The number of nitrogens with zero attached hydrogens (tertiary/aromatic N) is 4. The van der Waals surface area contributed by atoms with Gasteiger partial charge in [-0.05, 0) is 155 Å². The summed E-state index contributed by atoms with van der Waals surface area (Å²) in [6.07, 6.45) is 0. The molecule has 0 amide bonds. The molecule has 0 spiro atoms. The van der Waals surface area contributed by atoms with Gasteiger partial charge in [-0.15, -0.1) is 0 Å². The molecule has 1 aromatic heterocycles. The second-order valence-electron chi connectivity index (χ2n) is 25.2. The number of nitriles is 1. The molecule has 0 atom stereocenters. The van der Waals surface area contributed by atoms with Crippen molar-refractivity contribution < 1.29 is 17.8 Å². The highest BCUT2D eigenvalue weighted by atomic mass is 15.2. The molecular formula is C79H67BN4. The summed E-state index contributed by atoms with van der Waals surface area (Å²) in [6.45, 7) is 19.3. The van der Waals surface area contributed by atoms with Gasteiger partial charge in [-0.3, -0.25) is 0 Å². The van der Waals surface area contributed by atoms with E-state index in [0.717, 1.165) is 72.4 Å². The van der Waals surface area contributed by atoms with Crippen LogP contribution in [0.15, 0.2) is 242 Å². The predicted octanol–water partition coefficient (Wildman–Crippen LogP) is 19.3. The Morgan fingerprint density at radius 3 is 1.46 bits per heavy atom. The van der Waals surface area contributed by atoms with Gasteiger partial charge in [0, 0.05) is 44.8 Å². The molecule has 0 aliphatic carbocycles. The Kier molecular flexibility index (Phi) is 9.36. The average Bonchev–Trinajstić information content (AvgIpc) is 0.998. The number of rotatable bonds is 7. The van der Waals surface area contributed by atoms with Crippen molar-refractivity contribution in [3.05, 3.63) is 265 Å². The number of para-hydroxylation sites is 2. The monoisotopic (exact) mass is 1100 g/mol. The van der Waals surface area contributed by atoms with Crippen molar-refractivity contribution in [2.45, 2.75) is 78.6 Å². The van der Waals surface area contributed by atoms with Crippen LogP contribution in [0.1, 0.15) is 102 Å². The van der Waals surface area contributed by atoms with E-state index in [-0.39, 0.29) is 49.5 Å². The summed E-state index contributed by atoms with van der Waals surface area (Å²) in [7, 11) is 0. The van der Waals surface area contributed by atoms with E-state index in [1.165, 1.54) is 15.7 Å². The highest BCUT2D eigenvalue weighted by Crippen LogP contribution is 2.51. The van der Waals surface area contributed by atoms with Gasteiger partial charge >= 0.3 is 0 Å². The molecule has 14 rings (SSSR count). The number of aromatic nitrogens is 1. The Balaban J connectivity index is 1.14. The van der Waals surface area contributed by atoms with Gasteiger partial charge in [0.1, 0.15) is 6.07 Å². The van der Waals surface area contributed by atoms with E-state index >= 15 is 0 Å². The number of benzene rings is 11. The summed E-state index contributed by atoms with van der Waals surface area (Å²) >= 11 is 0. The Hall–Kier alpha value is -9.63. The third kappa shape index (κ3) is 8.83. The minimum atomic E-state index is -0.608. The normalized spacial score (nSPS) is 15.1. The van der Waals surface area contributed by atoms with Crippen molar-refractivity contribution in [1.29, 1.82) is 5.26 Å². The minimum absolute atomic E-state index is 0.0155. The van der Waals surface area contributed by atoms with Crippen LogP contribution in [-0.4, -0.2) is 11.3 Å². The fourth-order valence-electron chi connectivity index (χ4n) is 12.3. The topological polar surface area (TPSA) is 35.2 Å². The SMILES string of the molecule is [2H]c1c([2H])c([2H])c(-c2ccc3c(c2)N(c2ccc(C#N)c(-n4c5c([2H])c([2H])c([2H])c([2H])c5c5c([2H])c([2H])c([2H])c([2H])c54)c2)c2cc(C(C)(C)C)cc4c2B3c2ccc(-c3cc(C(C)(C)C)cc(C(C)(C)C)c3)cc2N4c2ccc(-c3ccccc3)cc2-c2ccccc2)c([2H])c1[2H]. The van der Waals surface area contributed by atoms with E-state index in [4.69, 9.17) is 9.60 Å². The Morgan fingerprint density at radius 2 is 0.881 bits per heavy atom. The van der Waals surface area contributed by atoms with Gasteiger partial charge in [-0.1, -0.05) is 238 Å². The van der Waals surface area contributed by atoms with Crippen LogP contribution in [0.3, 0.4) is 0 Å². The van der Waals surface area contributed by atoms with Crippen LogP contribution in [0.5, 0.6) is 0 Å². The molecule has 84 heavy (non-hydrogen) atoms. The first-order valence-corrected chi connectivity index (χ1v) is 28.5. The zero-order chi connectivity index (χ0) is 69.1. The molecule has 0 bridgehead atoms. The highest BCUT2D eigenvalue weighted by Gasteiger charge is 2.45. The van der Waals surface area contributed by atoms with Gasteiger partial charge < -0.3 is 14.4 Å². The van der Waals surface area contributed by atoms with E-state index in [1.54, 1.807) is 18.2 Å². The number of hydrogen-bond acceptors (Lipinski definition) is 3. The van der Waals surface area contributed by atoms with Crippen molar-refractivity contribution in [2.75, 3.05) is 9.80 Å². The minimum Gasteiger partial charge on any atom is -0.311 e. The van der Waals surface area contributed by atoms with E-state index in [0.29, 0.717) is 22.6 Å². The molecule has 12 aromatic rings. The van der Waals surface area contributed by atoms with E-state index in [9.17, 15) is 13.5 Å². The molecule has 4 nitrogen and oxygen atoms in total. The van der Waals surface area contributed by atoms with Crippen LogP contribution in [0.25, 0.3) is 72.0 Å². The molecule has 0 N–H and O–H groups in total. The molecule has 0 saturated carbocycles. The Labute approximate surface area is 513 Å². The van der Waals surface area contributed by atoms with Crippen LogP contribution >= 0.6 is 0 Å². The van der Waals surface area contributed by atoms with E-state index < -0.39 is 90.7 Å². The average molecular weight is 1100 g/mol. The van der Waals surface area contributed by atoms with Crippen LogP contribution < -0.4 is 26.2 Å². The van der Waals surface area contributed by atoms with Crippen molar-refractivity contribution in [3.8, 4) is 56.3 Å². The van der Waals surface area contributed by atoms with E-state index in [2.05, 4.69) is 164 Å². The lowest BCUT2D eigenvalue weighted by molar-refractivity contribution is 0.569. The first-order chi connectivity index (χ1) is 45.9. The van der Waals surface area contributed by atoms with Crippen LogP contribution in [0.4, 0.5) is 34.1 Å². The maximum absolute atomic E-state index is 11.3. The first-order valence-electron chi connectivity index (χ1n) is 35.0. The molecule has 11 aromatic carbocycles. The maximum atomic E-state index is 11.3. The lowest BCUT2D eigenvalue weighted by Crippen LogP contribution is -2.61. The van der Waals surface area contributed by atoms with Crippen molar-refractivity contribution in [2.24, 2.45) is 0 Å². The largest absolute Gasteiger partial charge is 0.311 e. The summed E-state index contributed by atoms with van der Waals surface area (Å²) in [4.78, 5) is 4.44. The summed E-state index contributed by atoms with van der Waals surface area (Å²) in [5, 5.41) is 11.0. The van der Waals surface area contributed by atoms with Crippen LogP contribution in [0.2, 0.25) is 0 Å². The summed E-state index contributed by atoms with van der Waals surface area (Å²) in [5.41, 5.74) is 15.5. The van der Waals surface area contributed by atoms with Crippen LogP contribution in [0, 0.1) is 11.3 Å². The second-order valence-corrected chi connectivity index (χ2v) is 25.2. The molecule has 406 valence electrons. The van der Waals surface area contributed by atoms with Crippen molar-refractivity contribution in [1.82, 2.24) is 4.57 Å². The Morgan fingerprint density at radius 1 is 0.381 bits per heavy atom. The molecule has 0 radical (unpaired) electrons. The third-order valence-corrected chi connectivity index (χ3v) is 16.8.